The Morgan fingerprint density at radius 3 is 2.18 bits per heavy atom. The van der Waals surface area contributed by atoms with Gasteiger partial charge in [-0.3, -0.25) is 0 Å². The fraction of sp³-hybridized carbons (Fsp3) is 0.467. The van der Waals surface area contributed by atoms with Crippen molar-refractivity contribution in [2.45, 2.75) is 39.8 Å². The van der Waals surface area contributed by atoms with Crippen LogP contribution in [0.1, 0.15) is 38.8 Å². The third kappa shape index (κ3) is 3.22. The van der Waals surface area contributed by atoms with Crippen LogP contribution in [0.15, 0.2) is 30.8 Å². The van der Waals surface area contributed by atoms with Crippen LogP contribution in [0.5, 0.6) is 0 Å². The van der Waals surface area contributed by atoms with Gasteiger partial charge in [-0.1, -0.05) is 51.6 Å². The maximum atomic E-state index is 5.99. The molecule has 0 spiro atoms. The molecule has 1 aromatic carbocycles. The summed E-state index contributed by atoms with van der Waals surface area (Å²) in [5.41, 5.74) is 2.21. The molecular weight excluding hydrogens is 224 g/mol. The van der Waals surface area contributed by atoms with Crippen LogP contribution in [0.4, 0.5) is 0 Å². The zero-order valence-electron chi connectivity index (χ0n) is 11.4. The molecule has 0 amide bonds. The lowest BCUT2D eigenvalue weighted by molar-refractivity contribution is 0.0358. The van der Waals surface area contributed by atoms with Crippen molar-refractivity contribution in [1.82, 2.24) is 0 Å². The van der Waals surface area contributed by atoms with Crippen molar-refractivity contribution < 1.29 is 4.74 Å². The number of benzene rings is 1. The van der Waals surface area contributed by atoms with Crippen LogP contribution in [-0.4, -0.2) is 15.5 Å². The molecule has 0 bridgehead atoms. The summed E-state index contributed by atoms with van der Waals surface area (Å²) in [7, 11) is 3.70. The monoisotopic (exact) mass is 245 g/mol. The van der Waals surface area contributed by atoms with E-state index in [2.05, 4.69) is 50.6 Å². The zero-order chi connectivity index (χ0) is 13.3. The smallest absolute Gasteiger partial charge is 0.119 e. The maximum Gasteiger partial charge on any atom is 0.119 e. The van der Waals surface area contributed by atoms with Crippen molar-refractivity contribution in [3.8, 4) is 0 Å². The summed E-state index contributed by atoms with van der Waals surface area (Å²) in [6, 6.07) is 8.11. The van der Waals surface area contributed by atoms with E-state index in [1.165, 1.54) is 5.56 Å². The molecule has 0 N–H and O–H groups in total. The summed E-state index contributed by atoms with van der Waals surface area (Å²) in [6.45, 7) is 14.5. The topological polar surface area (TPSA) is 9.23 Å². The molecule has 3 radical (unpaired) electrons. The Labute approximate surface area is 108 Å². The summed E-state index contributed by atoms with van der Waals surface area (Å²) in [4.78, 5) is 0. The average Bonchev–Trinajstić information content (AvgIpc) is 2.15. The van der Waals surface area contributed by atoms with E-state index in [9.17, 15) is 0 Å². The molecule has 1 rings (SSSR count). The van der Waals surface area contributed by atoms with E-state index in [4.69, 9.17) is 4.74 Å². The molecule has 2 heteroatoms. The Morgan fingerprint density at radius 1 is 1.18 bits per heavy atom. The molecule has 1 atom stereocenters. The molecule has 1 unspecified atom stereocenters. The lowest BCUT2D eigenvalue weighted by atomic mass is 9.89. The highest BCUT2D eigenvalue weighted by Gasteiger charge is 2.35. The lowest BCUT2D eigenvalue weighted by Crippen LogP contribution is -2.42. The van der Waals surface area contributed by atoms with Crippen molar-refractivity contribution in [3.63, 3.8) is 0 Å². The van der Waals surface area contributed by atoms with E-state index in [0.717, 1.165) is 5.56 Å². The van der Waals surface area contributed by atoms with Crippen molar-refractivity contribution in [1.29, 1.82) is 0 Å². The first-order valence-electron chi connectivity index (χ1n) is 5.84. The fourth-order valence-electron chi connectivity index (χ4n) is 1.34. The number of hydrogen-bond acceptors (Lipinski definition) is 1. The van der Waals surface area contributed by atoms with Gasteiger partial charge in [0, 0.05) is 5.56 Å². The van der Waals surface area contributed by atoms with Gasteiger partial charge in [0.2, 0.25) is 0 Å². The van der Waals surface area contributed by atoms with Gasteiger partial charge in [-0.15, -0.1) is 0 Å². The van der Waals surface area contributed by atoms with Gasteiger partial charge in [0.1, 0.15) is 5.76 Å². The average molecular weight is 245 g/mol. The summed E-state index contributed by atoms with van der Waals surface area (Å²) in [5, 5.41) is -0.438. The first-order chi connectivity index (χ1) is 7.65. The van der Waals surface area contributed by atoms with Gasteiger partial charge in [0.05, 0.1) is 15.5 Å². The molecule has 0 aliphatic carbocycles. The fourth-order valence-corrected chi connectivity index (χ4v) is 1.46. The van der Waals surface area contributed by atoms with Crippen molar-refractivity contribution in [2.24, 2.45) is 5.41 Å². The van der Waals surface area contributed by atoms with Gasteiger partial charge in [0.15, 0.2) is 0 Å². The first kappa shape index (κ1) is 14.0. The van der Waals surface area contributed by atoms with Crippen LogP contribution in [0.2, 0.25) is 0 Å². The third-order valence-corrected chi connectivity index (χ3v) is 4.06. The number of aryl methyl sites for hydroxylation is 1. The second kappa shape index (κ2) is 4.69. The molecule has 0 aliphatic heterocycles. The first-order valence-corrected chi connectivity index (χ1v) is 6.34. The number of rotatable bonds is 3. The van der Waals surface area contributed by atoms with E-state index >= 15 is 0 Å². The second-order valence-electron chi connectivity index (χ2n) is 5.62. The second-order valence-corrected chi connectivity index (χ2v) is 6.58. The minimum atomic E-state index is -0.438. The van der Waals surface area contributed by atoms with Crippen LogP contribution >= 0.6 is 0 Å². The third-order valence-electron chi connectivity index (χ3n) is 3.20. The van der Waals surface area contributed by atoms with E-state index in [0.29, 0.717) is 5.76 Å². The van der Waals surface area contributed by atoms with E-state index in [-0.39, 0.29) is 5.41 Å². The molecule has 1 nitrogen and oxygen atoms in total. The van der Waals surface area contributed by atoms with Gasteiger partial charge in [-0.05, 0) is 24.8 Å². The number of ether oxygens (including phenoxy) is 1. The van der Waals surface area contributed by atoms with Crippen LogP contribution < -0.4 is 0 Å². The summed E-state index contributed by atoms with van der Waals surface area (Å²) in [5.74, 6) is 0.704. The van der Waals surface area contributed by atoms with E-state index in [1.807, 2.05) is 25.1 Å². The van der Waals surface area contributed by atoms with Gasteiger partial charge in [-0.2, -0.15) is 0 Å². The highest BCUT2D eigenvalue weighted by molar-refractivity contribution is 6.15. The van der Waals surface area contributed by atoms with Gasteiger partial charge < -0.3 is 4.74 Å². The van der Waals surface area contributed by atoms with Crippen molar-refractivity contribution in [2.75, 3.05) is 0 Å². The Bertz CT molecular complexity index is 413. The lowest BCUT2D eigenvalue weighted by Gasteiger charge is -2.39. The molecular formula is C15H21OSi. The van der Waals surface area contributed by atoms with Gasteiger partial charge >= 0.3 is 0 Å². The molecule has 0 saturated heterocycles. The van der Waals surface area contributed by atoms with Crippen LogP contribution in [0.3, 0.4) is 0 Å². The summed E-state index contributed by atoms with van der Waals surface area (Å²) >= 11 is 0. The highest BCUT2D eigenvalue weighted by Crippen LogP contribution is 2.34. The van der Waals surface area contributed by atoms with Crippen LogP contribution in [-0.2, 0) is 4.74 Å². The highest BCUT2D eigenvalue weighted by atomic mass is 28.1. The summed E-state index contributed by atoms with van der Waals surface area (Å²) in [6.07, 6.45) is 0. The Morgan fingerprint density at radius 2 is 1.71 bits per heavy atom. The normalized spacial score (nSPS) is 15.2. The quantitative estimate of drug-likeness (QED) is 0.579. The Balaban J connectivity index is 2.92. The van der Waals surface area contributed by atoms with Crippen LogP contribution in [0.25, 0.3) is 5.76 Å². The predicted molar refractivity (Wildman–Crippen MR) is 74.9 cm³/mol. The van der Waals surface area contributed by atoms with E-state index < -0.39 is 5.22 Å². The van der Waals surface area contributed by atoms with Gasteiger partial charge in [0.25, 0.3) is 0 Å². The molecule has 0 saturated carbocycles. The molecule has 91 valence electrons. The summed E-state index contributed by atoms with van der Waals surface area (Å²) < 4.78 is 5.99. The SMILES string of the molecule is C=C(OC(C)([Si])C(C)(C)C)c1ccccc1C. The largest absolute Gasteiger partial charge is 0.492 e. The van der Waals surface area contributed by atoms with Crippen molar-refractivity contribution >= 4 is 16.0 Å². The maximum absolute atomic E-state index is 5.99. The Hall–Kier alpha value is -1.02. The Kier molecular flexibility index (Phi) is 3.87. The molecule has 17 heavy (non-hydrogen) atoms. The molecule has 1 aromatic rings. The molecule has 0 aliphatic rings. The standard InChI is InChI=1S/C15H21OSi/c1-11-9-7-8-10-13(11)12(2)16-15(6,17)14(3,4)5/h7-10H,2H2,1,3-6H3. The number of hydrogen-bond donors (Lipinski definition) is 0. The molecule has 0 aromatic heterocycles. The zero-order valence-corrected chi connectivity index (χ0v) is 12.4. The molecule has 0 heterocycles. The molecule has 0 fully saturated rings. The van der Waals surface area contributed by atoms with E-state index in [1.54, 1.807) is 0 Å². The predicted octanol–water partition coefficient (Wildman–Crippen LogP) is 3.91. The minimum Gasteiger partial charge on any atom is -0.492 e. The minimum absolute atomic E-state index is 0.0183. The van der Waals surface area contributed by atoms with Crippen LogP contribution in [0, 0.1) is 12.3 Å². The van der Waals surface area contributed by atoms with Crippen molar-refractivity contribution in [3.05, 3.63) is 42.0 Å². The van der Waals surface area contributed by atoms with Gasteiger partial charge in [-0.25, -0.2) is 0 Å².